The van der Waals surface area contributed by atoms with Crippen molar-refractivity contribution in [2.45, 2.75) is 20.3 Å². The van der Waals surface area contributed by atoms with Crippen LogP contribution in [0, 0.1) is 19.7 Å². The number of carbonyl (C=O) groups excluding carboxylic acids is 1. The SMILES string of the molecule is Cc1cc(C(=O)NCCCN(C)C)c(C)n1-c1ccc(F)cc1. The van der Waals surface area contributed by atoms with Crippen molar-refractivity contribution in [2.75, 3.05) is 27.2 Å². The van der Waals surface area contributed by atoms with E-state index in [0.29, 0.717) is 12.1 Å². The second-order valence-electron chi connectivity index (χ2n) is 6.01. The van der Waals surface area contributed by atoms with Gasteiger partial charge in [0.05, 0.1) is 5.56 Å². The molecule has 0 unspecified atom stereocenters. The highest BCUT2D eigenvalue weighted by molar-refractivity contribution is 5.95. The molecule has 1 amide bonds. The Balaban J connectivity index is 2.14. The summed E-state index contributed by atoms with van der Waals surface area (Å²) in [5.41, 5.74) is 3.33. The predicted octanol–water partition coefficient (Wildman–Crippen LogP) is 2.91. The smallest absolute Gasteiger partial charge is 0.253 e. The molecule has 0 aliphatic carbocycles. The molecular weight excluding hydrogens is 293 g/mol. The highest BCUT2D eigenvalue weighted by Crippen LogP contribution is 2.21. The number of benzene rings is 1. The van der Waals surface area contributed by atoms with Gasteiger partial charge in [0.25, 0.3) is 5.91 Å². The highest BCUT2D eigenvalue weighted by Gasteiger charge is 2.16. The fourth-order valence-electron chi connectivity index (χ4n) is 2.67. The van der Waals surface area contributed by atoms with Crippen LogP contribution in [-0.2, 0) is 0 Å². The molecular formula is C18H24FN3O. The van der Waals surface area contributed by atoms with E-state index in [2.05, 4.69) is 10.2 Å². The number of carbonyl (C=O) groups is 1. The van der Waals surface area contributed by atoms with E-state index in [-0.39, 0.29) is 11.7 Å². The maximum absolute atomic E-state index is 13.1. The summed E-state index contributed by atoms with van der Waals surface area (Å²) in [6.45, 7) is 5.44. The van der Waals surface area contributed by atoms with Crippen molar-refractivity contribution < 1.29 is 9.18 Å². The fraction of sp³-hybridized carbons (Fsp3) is 0.389. The van der Waals surface area contributed by atoms with Crippen LogP contribution < -0.4 is 5.32 Å². The molecule has 0 spiro atoms. The van der Waals surface area contributed by atoms with Crippen LogP contribution in [0.5, 0.6) is 0 Å². The number of hydrogen-bond donors (Lipinski definition) is 1. The first-order valence-corrected chi connectivity index (χ1v) is 7.78. The number of hydrogen-bond acceptors (Lipinski definition) is 2. The third-order valence-corrected chi connectivity index (χ3v) is 3.83. The van der Waals surface area contributed by atoms with Crippen molar-refractivity contribution in [3.8, 4) is 5.69 Å². The van der Waals surface area contributed by atoms with Crippen LogP contribution in [0.25, 0.3) is 5.69 Å². The monoisotopic (exact) mass is 317 g/mol. The lowest BCUT2D eigenvalue weighted by molar-refractivity contribution is 0.0951. The van der Waals surface area contributed by atoms with Gasteiger partial charge in [-0.2, -0.15) is 0 Å². The normalized spacial score (nSPS) is 11.0. The second kappa shape index (κ2) is 7.42. The molecule has 0 radical (unpaired) electrons. The van der Waals surface area contributed by atoms with E-state index in [1.54, 1.807) is 12.1 Å². The molecule has 0 atom stereocenters. The van der Waals surface area contributed by atoms with E-state index in [9.17, 15) is 9.18 Å². The maximum atomic E-state index is 13.1. The lowest BCUT2D eigenvalue weighted by Crippen LogP contribution is -2.27. The quantitative estimate of drug-likeness (QED) is 0.832. The number of aryl methyl sites for hydroxylation is 1. The summed E-state index contributed by atoms with van der Waals surface area (Å²) in [6, 6.07) is 8.16. The Labute approximate surface area is 136 Å². The van der Waals surface area contributed by atoms with Crippen LogP contribution in [0.15, 0.2) is 30.3 Å². The zero-order valence-electron chi connectivity index (χ0n) is 14.2. The maximum Gasteiger partial charge on any atom is 0.253 e. The van der Waals surface area contributed by atoms with Gasteiger partial charge in [-0.05, 0) is 71.2 Å². The van der Waals surface area contributed by atoms with Gasteiger partial charge in [0.15, 0.2) is 0 Å². The summed E-state index contributed by atoms with van der Waals surface area (Å²) in [6.07, 6.45) is 0.912. The zero-order valence-corrected chi connectivity index (χ0v) is 14.2. The molecule has 2 rings (SSSR count). The van der Waals surface area contributed by atoms with Crippen LogP contribution in [0.1, 0.15) is 28.2 Å². The van der Waals surface area contributed by atoms with E-state index in [0.717, 1.165) is 30.0 Å². The molecule has 5 heteroatoms. The number of aromatic nitrogens is 1. The van der Waals surface area contributed by atoms with E-state index in [4.69, 9.17) is 0 Å². The first kappa shape index (κ1) is 17.2. The number of rotatable bonds is 6. The summed E-state index contributed by atoms with van der Waals surface area (Å²) >= 11 is 0. The van der Waals surface area contributed by atoms with Crippen LogP contribution >= 0.6 is 0 Å². The third kappa shape index (κ3) is 4.20. The average molecular weight is 317 g/mol. The minimum absolute atomic E-state index is 0.0646. The summed E-state index contributed by atoms with van der Waals surface area (Å²) in [5.74, 6) is -0.333. The van der Waals surface area contributed by atoms with Gasteiger partial charge in [0, 0.05) is 23.6 Å². The fourth-order valence-corrected chi connectivity index (χ4v) is 2.67. The number of nitrogens with one attached hydrogen (secondary N) is 1. The minimum Gasteiger partial charge on any atom is -0.352 e. The van der Waals surface area contributed by atoms with Crippen molar-refractivity contribution in [1.82, 2.24) is 14.8 Å². The molecule has 0 fully saturated rings. The van der Waals surface area contributed by atoms with Gasteiger partial charge in [0.2, 0.25) is 0 Å². The Morgan fingerprint density at radius 3 is 2.48 bits per heavy atom. The molecule has 0 saturated heterocycles. The lowest BCUT2D eigenvalue weighted by atomic mass is 10.2. The Morgan fingerprint density at radius 2 is 1.87 bits per heavy atom. The van der Waals surface area contributed by atoms with E-state index < -0.39 is 0 Å². The van der Waals surface area contributed by atoms with Crippen molar-refractivity contribution in [1.29, 1.82) is 0 Å². The summed E-state index contributed by atoms with van der Waals surface area (Å²) in [7, 11) is 4.02. The molecule has 0 aliphatic heterocycles. The molecule has 0 bridgehead atoms. The highest BCUT2D eigenvalue weighted by atomic mass is 19.1. The number of amides is 1. The summed E-state index contributed by atoms with van der Waals surface area (Å²) in [4.78, 5) is 14.5. The van der Waals surface area contributed by atoms with E-state index >= 15 is 0 Å². The average Bonchev–Trinajstić information content (AvgIpc) is 2.79. The zero-order chi connectivity index (χ0) is 17.0. The van der Waals surface area contributed by atoms with Gasteiger partial charge < -0.3 is 14.8 Å². The van der Waals surface area contributed by atoms with Crippen molar-refractivity contribution in [3.05, 3.63) is 53.1 Å². The van der Waals surface area contributed by atoms with E-state index in [1.165, 1.54) is 12.1 Å². The van der Waals surface area contributed by atoms with Crippen LogP contribution in [0.4, 0.5) is 4.39 Å². The topological polar surface area (TPSA) is 37.3 Å². The van der Waals surface area contributed by atoms with Gasteiger partial charge in [-0.3, -0.25) is 4.79 Å². The summed E-state index contributed by atoms with van der Waals surface area (Å²) in [5, 5.41) is 2.96. The van der Waals surface area contributed by atoms with Crippen molar-refractivity contribution in [3.63, 3.8) is 0 Å². The third-order valence-electron chi connectivity index (χ3n) is 3.83. The van der Waals surface area contributed by atoms with E-state index in [1.807, 2.05) is 38.6 Å². The predicted molar refractivity (Wildman–Crippen MR) is 90.7 cm³/mol. The van der Waals surface area contributed by atoms with Gasteiger partial charge in [0.1, 0.15) is 5.82 Å². The molecule has 1 N–H and O–H groups in total. The van der Waals surface area contributed by atoms with Gasteiger partial charge >= 0.3 is 0 Å². The molecule has 1 aromatic carbocycles. The van der Waals surface area contributed by atoms with Crippen LogP contribution in [0.2, 0.25) is 0 Å². The lowest BCUT2D eigenvalue weighted by Gasteiger charge is -2.11. The first-order valence-electron chi connectivity index (χ1n) is 7.78. The van der Waals surface area contributed by atoms with Crippen molar-refractivity contribution in [2.24, 2.45) is 0 Å². The second-order valence-corrected chi connectivity index (χ2v) is 6.01. The van der Waals surface area contributed by atoms with Gasteiger partial charge in [-0.1, -0.05) is 0 Å². The first-order chi connectivity index (χ1) is 10.9. The minimum atomic E-state index is -0.268. The van der Waals surface area contributed by atoms with Crippen LogP contribution in [-0.4, -0.2) is 42.6 Å². The molecule has 0 saturated carbocycles. The van der Waals surface area contributed by atoms with Crippen molar-refractivity contribution >= 4 is 5.91 Å². The Hall–Kier alpha value is -2.14. The largest absolute Gasteiger partial charge is 0.352 e. The standard InChI is InChI=1S/C18H24FN3O/c1-13-12-17(18(23)20-10-5-11-21(3)4)14(2)22(13)16-8-6-15(19)7-9-16/h6-9,12H,5,10-11H2,1-4H3,(H,20,23). The van der Waals surface area contributed by atoms with Crippen LogP contribution in [0.3, 0.4) is 0 Å². The number of nitrogens with zero attached hydrogens (tertiary/aromatic N) is 2. The van der Waals surface area contributed by atoms with Gasteiger partial charge in [-0.25, -0.2) is 4.39 Å². The molecule has 4 nitrogen and oxygen atoms in total. The molecule has 1 heterocycles. The molecule has 23 heavy (non-hydrogen) atoms. The molecule has 124 valence electrons. The summed E-state index contributed by atoms with van der Waals surface area (Å²) < 4.78 is 15.1. The Morgan fingerprint density at radius 1 is 1.22 bits per heavy atom. The molecule has 2 aromatic rings. The molecule has 0 aliphatic rings. The molecule has 1 aromatic heterocycles. The van der Waals surface area contributed by atoms with Gasteiger partial charge in [-0.15, -0.1) is 0 Å². The Bertz CT molecular complexity index is 674. The Kier molecular flexibility index (Phi) is 5.55. The number of halogens is 1.